The van der Waals surface area contributed by atoms with Crippen molar-refractivity contribution < 1.29 is 9.53 Å². The van der Waals surface area contributed by atoms with Crippen LogP contribution in [-0.2, 0) is 0 Å². The van der Waals surface area contributed by atoms with Gasteiger partial charge in [-0.1, -0.05) is 17.7 Å². The standard InChI is InChI=1S/C14H21ClN2O2/c1-4-17(5-2)14(18)16-8-9-19-13-10-11(3)6-7-12(13)15/h6-7,10H,4-5,8-9H2,1-3H3,(H,16,18). The summed E-state index contributed by atoms with van der Waals surface area (Å²) in [4.78, 5) is 13.4. The zero-order chi connectivity index (χ0) is 14.3. The zero-order valence-electron chi connectivity index (χ0n) is 11.7. The number of urea groups is 1. The van der Waals surface area contributed by atoms with Crippen LogP contribution in [0, 0.1) is 6.92 Å². The number of hydrogen-bond donors (Lipinski definition) is 1. The Morgan fingerprint density at radius 1 is 1.37 bits per heavy atom. The highest BCUT2D eigenvalue weighted by Crippen LogP contribution is 2.24. The predicted molar refractivity (Wildman–Crippen MR) is 78.0 cm³/mol. The molecule has 1 aromatic carbocycles. The first-order valence-corrected chi connectivity index (χ1v) is 6.88. The number of hydrogen-bond acceptors (Lipinski definition) is 2. The third kappa shape index (κ3) is 4.99. The van der Waals surface area contributed by atoms with E-state index in [1.807, 2.05) is 32.9 Å². The number of halogens is 1. The maximum atomic E-state index is 11.7. The van der Waals surface area contributed by atoms with Crippen molar-refractivity contribution in [3.8, 4) is 5.75 Å². The lowest BCUT2D eigenvalue weighted by atomic mass is 10.2. The van der Waals surface area contributed by atoms with Gasteiger partial charge >= 0.3 is 6.03 Å². The van der Waals surface area contributed by atoms with Crippen molar-refractivity contribution in [3.05, 3.63) is 28.8 Å². The Morgan fingerprint density at radius 2 is 2.05 bits per heavy atom. The first-order chi connectivity index (χ1) is 9.08. The van der Waals surface area contributed by atoms with Crippen molar-refractivity contribution in [1.29, 1.82) is 0 Å². The van der Waals surface area contributed by atoms with Gasteiger partial charge in [-0.25, -0.2) is 4.79 Å². The molecule has 0 aliphatic rings. The molecule has 0 bridgehead atoms. The van der Waals surface area contributed by atoms with Crippen molar-refractivity contribution in [2.45, 2.75) is 20.8 Å². The molecule has 0 aliphatic heterocycles. The Balaban J connectivity index is 2.35. The fraction of sp³-hybridized carbons (Fsp3) is 0.500. The Labute approximate surface area is 119 Å². The molecule has 106 valence electrons. The normalized spacial score (nSPS) is 10.1. The molecule has 0 spiro atoms. The van der Waals surface area contributed by atoms with Crippen molar-refractivity contribution in [3.63, 3.8) is 0 Å². The van der Waals surface area contributed by atoms with Crippen molar-refractivity contribution in [2.75, 3.05) is 26.2 Å². The van der Waals surface area contributed by atoms with E-state index in [9.17, 15) is 4.79 Å². The van der Waals surface area contributed by atoms with Gasteiger partial charge in [-0.3, -0.25) is 0 Å². The molecule has 0 fully saturated rings. The second kappa shape index (κ2) is 7.89. The van der Waals surface area contributed by atoms with Gasteiger partial charge in [-0.2, -0.15) is 0 Å². The van der Waals surface area contributed by atoms with Gasteiger partial charge in [0.1, 0.15) is 12.4 Å². The number of carbonyl (C=O) groups is 1. The van der Waals surface area contributed by atoms with Gasteiger partial charge < -0.3 is 15.0 Å². The molecule has 19 heavy (non-hydrogen) atoms. The maximum Gasteiger partial charge on any atom is 0.317 e. The SMILES string of the molecule is CCN(CC)C(=O)NCCOc1cc(C)ccc1Cl. The second-order valence-corrected chi connectivity index (χ2v) is 4.59. The molecule has 0 saturated heterocycles. The van der Waals surface area contributed by atoms with Gasteiger partial charge in [-0.05, 0) is 38.5 Å². The van der Waals surface area contributed by atoms with E-state index in [2.05, 4.69) is 5.32 Å². The summed E-state index contributed by atoms with van der Waals surface area (Å²) in [7, 11) is 0. The van der Waals surface area contributed by atoms with E-state index >= 15 is 0 Å². The Morgan fingerprint density at radius 3 is 2.68 bits per heavy atom. The van der Waals surface area contributed by atoms with E-state index in [4.69, 9.17) is 16.3 Å². The number of benzene rings is 1. The summed E-state index contributed by atoms with van der Waals surface area (Å²) in [5.41, 5.74) is 1.09. The number of nitrogens with zero attached hydrogens (tertiary/aromatic N) is 1. The van der Waals surface area contributed by atoms with Crippen molar-refractivity contribution in [1.82, 2.24) is 10.2 Å². The summed E-state index contributed by atoms with van der Waals surface area (Å²) in [5, 5.41) is 3.39. The van der Waals surface area contributed by atoms with Gasteiger partial charge in [0, 0.05) is 13.1 Å². The molecule has 0 aromatic heterocycles. The smallest absolute Gasteiger partial charge is 0.317 e. The summed E-state index contributed by atoms with van der Waals surface area (Å²) in [6.45, 7) is 8.14. The van der Waals surface area contributed by atoms with E-state index in [-0.39, 0.29) is 6.03 Å². The molecular weight excluding hydrogens is 264 g/mol. The third-order valence-corrected chi connectivity index (χ3v) is 3.09. The molecule has 5 heteroatoms. The lowest BCUT2D eigenvalue weighted by Crippen LogP contribution is -2.41. The van der Waals surface area contributed by atoms with Crippen LogP contribution in [0.2, 0.25) is 5.02 Å². The molecule has 0 atom stereocenters. The summed E-state index contributed by atoms with van der Waals surface area (Å²) in [6.07, 6.45) is 0. The fourth-order valence-corrected chi connectivity index (χ4v) is 1.83. The molecule has 0 aliphatic carbocycles. The van der Waals surface area contributed by atoms with Crippen LogP contribution >= 0.6 is 11.6 Å². The first kappa shape index (κ1) is 15.6. The molecule has 2 amide bonds. The minimum atomic E-state index is -0.0658. The van der Waals surface area contributed by atoms with Crippen LogP contribution in [0.3, 0.4) is 0 Å². The highest BCUT2D eigenvalue weighted by Gasteiger charge is 2.08. The fourth-order valence-electron chi connectivity index (χ4n) is 1.66. The highest BCUT2D eigenvalue weighted by atomic mass is 35.5. The Bertz CT molecular complexity index is 420. The van der Waals surface area contributed by atoms with Crippen molar-refractivity contribution >= 4 is 17.6 Å². The monoisotopic (exact) mass is 284 g/mol. The number of carbonyl (C=O) groups excluding carboxylic acids is 1. The van der Waals surface area contributed by atoms with E-state index in [1.165, 1.54) is 0 Å². The Kier molecular flexibility index (Phi) is 6.50. The number of ether oxygens (including phenoxy) is 1. The second-order valence-electron chi connectivity index (χ2n) is 4.19. The summed E-state index contributed by atoms with van der Waals surface area (Å²) in [6, 6.07) is 5.55. The minimum absolute atomic E-state index is 0.0658. The van der Waals surface area contributed by atoms with Crippen LogP contribution in [0.5, 0.6) is 5.75 Å². The molecule has 1 rings (SSSR count). The summed E-state index contributed by atoms with van der Waals surface area (Å²) in [5.74, 6) is 0.652. The van der Waals surface area contributed by atoms with Crippen LogP contribution in [0.25, 0.3) is 0 Å². The van der Waals surface area contributed by atoms with E-state index < -0.39 is 0 Å². The Hall–Kier alpha value is -1.42. The highest BCUT2D eigenvalue weighted by molar-refractivity contribution is 6.32. The number of aryl methyl sites for hydroxylation is 1. The average Bonchev–Trinajstić information content (AvgIpc) is 2.40. The number of nitrogens with one attached hydrogen (secondary N) is 1. The number of amides is 2. The largest absolute Gasteiger partial charge is 0.490 e. The van der Waals surface area contributed by atoms with Crippen molar-refractivity contribution in [2.24, 2.45) is 0 Å². The van der Waals surface area contributed by atoms with E-state index in [1.54, 1.807) is 11.0 Å². The maximum absolute atomic E-state index is 11.7. The van der Waals surface area contributed by atoms with Gasteiger partial charge in [-0.15, -0.1) is 0 Å². The van der Waals surface area contributed by atoms with Crippen LogP contribution in [0.4, 0.5) is 4.79 Å². The van der Waals surface area contributed by atoms with Crippen LogP contribution in [-0.4, -0.2) is 37.2 Å². The molecule has 0 heterocycles. The van der Waals surface area contributed by atoms with Crippen LogP contribution < -0.4 is 10.1 Å². The first-order valence-electron chi connectivity index (χ1n) is 6.50. The van der Waals surface area contributed by atoms with Gasteiger partial charge in [0.05, 0.1) is 11.6 Å². The molecule has 0 radical (unpaired) electrons. The quantitative estimate of drug-likeness (QED) is 0.816. The van der Waals surface area contributed by atoms with Crippen LogP contribution in [0.15, 0.2) is 18.2 Å². The predicted octanol–water partition coefficient (Wildman–Crippen LogP) is 3.08. The topological polar surface area (TPSA) is 41.6 Å². The minimum Gasteiger partial charge on any atom is -0.490 e. The lowest BCUT2D eigenvalue weighted by molar-refractivity contribution is 0.200. The molecule has 0 saturated carbocycles. The van der Waals surface area contributed by atoms with Crippen LogP contribution in [0.1, 0.15) is 19.4 Å². The molecule has 1 aromatic rings. The van der Waals surface area contributed by atoms with Gasteiger partial charge in [0.15, 0.2) is 0 Å². The lowest BCUT2D eigenvalue weighted by Gasteiger charge is -2.19. The van der Waals surface area contributed by atoms with E-state index in [0.29, 0.717) is 37.0 Å². The summed E-state index contributed by atoms with van der Waals surface area (Å²) < 4.78 is 5.55. The van der Waals surface area contributed by atoms with Gasteiger partial charge in [0.2, 0.25) is 0 Å². The third-order valence-electron chi connectivity index (χ3n) is 2.77. The molecule has 4 nitrogen and oxygen atoms in total. The average molecular weight is 285 g/mol. The molecular formula is C14H21ClN2O2. The summed E-state index contributed by atoms with van der Waals surface area (Å²) >= 11 is 6.01. The number of rotatable bonds is 6. The van der Waals surface area contributed by atoms with E-state index in [0.717, 1.165) is 5.56 Å². The zero-order valence-corrected chi connectivity index (χ0v) is 12.5. The molecule has 1 N–H and O–H groups in total. The van der Waals surface area contributed by atoms with Gasteiger partial charge in [0.25, 0.3) is 0 Å². The molecule has 0 unspecified atom stereocenters.